The predicted octanol–water partition coefficient (Wildman–Crippen LogP) is 3.22. The van der Waals surface area contributed by atoms with Crippen LogP contribution >= 0.6 is 0 Å². The quantitative estimate of drug-likeness (QED) is 0.686. The van der Waals surface area contributed by atoms with Gasteiger partial charge in [0.25, 0.3) is 0 Å². The van der Waals surface area contributed by atoms with Crippen molar-refractivity contribution in [1.82, 2.24) is 10.2 Å². The Morgan fingerprint density at radius 1 is 1.09 bits per heavy atom. The smallest absolute Gasteiger partial charge is 0.331 e. The zero-order valence-electron chi connectivity index (χ0n) is 19.2. The molecule has 2 aromatic rings. The summed E-state index contributed by atoms with van der Waals surface area (Å²) in [5, 5.41) is 5.30. The molecule has 8 heteroatoms. The predicted molar refractivity (Wildman–Crippen MR) is 127 cm³/mol. The summed E-state index contributed by atoms with van der Waals surface area (Å²) in [6.07, 6.45) is 3.77. The molecule has 5 amide bonds. The van der Waals surface area contributed by atoms with E-state index in [1.807, 2.05) is 48.5 Å². The van der Waals surface area contributed by atoms with Crippen LogP contribution in [0.25, 0.3) is 0 Å². The Kier molecular flexibility index (Phi) is 5.59. The molecule has 3 aliphatic rings. The van der Waals surface area contributed by atoms with Gasteiger partial charge < -0.3 is 10.2 Å². The Labute approximate surface area is 198 Å². The molecule has 1 spiro atoms. The number of fused-ring (bicyclic) bond motifs is 4. The van der Waals surface area contributed by atoms with Crippen LogP contribution in [0.1, 0.15) is 43.7 Å². The fourth-order valence-electron chi connectivity index (χ4n) is 5.68. The average Bonchev–Trinajstić information content (AvgIpc) is 3.07. The summed E-state index contributed by atoms with van der Waals surface area (Å²) in [5.41, 5.74) is 1.84. The van der Waals surface area contributed by atoms with Crippen molar-refractivity contribution in [2.45, 2.75) is 51.6 Å². The summed E-state index contributed by atoms with van der Waals surface area (Å²) in [6, 6.07) is 14.0. The van der Waals surface area contributed by atoms with Gasteiger partial charge in [-0.05, 0) is 48.6 Å². The van der Waals surface area contributed by atoms with Gasteiger partial charge in [-0.15, -0.1) is 0 Å². The largest absolute Gasteiger partial charge is 0.367 e. The van der Waals surface area contributed by atoms with Gasteiger partial charge in [0.15, 0.2) is 5.41 Å². The number of rotatable bonds is 3. The highest BCUT2D eigenvalue weighted by atomic mass is 16.2. The molecule has 0 aromatic heterocycles. The fraction of sp³-hybridized carbons (Fsp3) is 0.385. The normalized spacial score (nSPS) is 24.3. The number of urea groups is 1. The number of nitrogens with one attached hydrogen (secondary N) is 2. The number of hydrogen-bond donors (Lipinski definition) is 2. The summed E-state index contributed by atoms with van der Waals surface area (Å²) >= 11 is 0. The summed E-state index contributed by atoms with van der Waals surface area (Å²) in [6.45, 7) is 2.27. The Hall–Kier alpha value is -3.68. The third-order valence-electron chi connectivity index (χ3n) is 7.18. The van der Waals surface area contributed by atoms with E-state index in [0.717, 1.165) is 42.6 Å². The van der Waals surface area contributed by atoms with E-state index in [9.17, 15) is 19.2 Å². The van der Waals surface area contributed by atoms with Gasteiger partial charge in [0, 0.05) is 24.8 Å². The molecular weight excluding hydrogens is 432 g/mol. The van der Waals surface area contributed by atoms with Gasteiger partial charge >= 0.3 is 6.03 Å². The van der Waals surface area contributed by atoms with Crippen LogP contribution in [0.3, 0.4) is 0 Å². The Morgan fingerprint density at radius 3 is 2.65 bits per heavy atom. The van der Waals surface area contributed by atoms with Gasteiger partial charge in [-0.1, -0.05) is 43.2 Å². The Bertz CT molecular complexity index is 1160. The van der Waals surface area contributed by atoms with Gasteiger partial charge in [-0.2, -0.15) is 0 Å². The molecule has 2 N–H and O–H groups in total. The minimum Gasteiger partial charge on any atom is -0.367 e. The first-order valence-electron chi connectivity index (χ1n) is 11.8. The zero-order chi connectivity index (χ0) is 23.9. The minimum atomic E-state index is -1.41. The maximum atomic E-state index is 14.1. The monoisotopic (exact) mass is 460 g/mol. The number of carbonyl (C=O) groups excluding carboxylic acids is 4. The number of carbonyl (C=O) groups is 4. The third-order valence-corrected chi connectivity index (χ3v) is 7.18. The number of benzene rings is 2. The summed E-state index contributed by atoms with van der Waals surface area (Å²) in [7, 11) is 0. The second-order valence-corrected chi connectivity index (χ2v) is 9.37. The van der Waals surface area contributed by atoms with Crippen molar-refractivity contribution in [3.8, 4) is 0 Å². The van der Waals surface area contributed by atoms with E-state index < -0.39 is 23.3 Å². The van der Waals surface area contributed by atoms with Crippen LogP contribution in [-0.4, -0.2) is 41.2 Å². The molecule has 5 rings (SSSR count). The van der Waals surface area contributed by atoms with Crippen LogP contribution < -0.4 is 15.5 Å². The lowest BCUT2D eigenvalue weighted by Crippen LogP contribution is -2.71. The SMILES string of the molecule is CC(=O)Nc1ccc2c(c1)C[C@@]1(C(=O)NC(=O)N(Cc3ccccc3)C1=O)[C@@H]1CCCCCN21. The molecule has 0 bridgehead atoms. The average molecular weight is 461 g/mol. The first kappa shape index (κ1) is 22.1. The number of hydrogen-bond acceptors (Lipinski definition) is 5. The van der Waals surface area contributed by atoms with Gasteiger partial charge in [-0.25, -0.2) is 4.79 Å². The second-order valence-electron chi connectivity index (χ2n) is 9.37. The van der Waals surface area contributed by atoms with Crippen LogP contribution in [0.2, 0.25) is 0 Å². The highest BCUT2D eigenvalue weighted by Gasteiger charge is 2.61. The highest BCUT2D eigenvalue weighted by Crippen LogP contribution is 2.47. The Balaban J connectivity index is 1.60. The fourth-order valence-corrected chi connectivity index (χ4v) is 5.68. The molecule has 2 fully saturated rings. The van der Waals surface area contributed by atoms with E-state index in [0.29, 0.717) is 12.1 Å². The van der Waals surface area contributed by atoms with E-state index in [1.54, 1.807) is 0 Å². The third kappa shape index (κ3) is 3.63. The lowest BCUT2D eigenvalue weighted by molar-refractivity contribution is -0.154. The molecule has 3 aliphatic heterocycles. The number of anilines is 2. The molecule has 0 unspecified atom stereocenters. The van der Waals surface area contributed by atoms with E-state index >= 15 is 0 Å². The molecule has 2 saturated heterocycles. The molecular formula is C26H28N4O4. The standard InChI is InChI=1S/C26H28N4O4/c1-17(31)27-20-11-12-21-19(14-20)15-26(22-10-6-3-7-13-29(21)22)23(32)28-25(34)30(24(26)33)16-18-8-4-2-5-9-18/h2,4-5,8-9,11-12,14,22H,3,6-7,10,13,15-16H2,1H3,(H,27,31)(H,28,32,34)/t22-,26-/m0/s1. The van der Waals surface area contributed by atoms with Gasteiger partial charge in [0.1, 0.15) is 0 Å². The summed E-state index contributed by atoms with van der Waals surface area (Å²) in [5.74, 6) is -1.17. The molecule has 0 saturated carbocycles. The molecule has 2 atom stereocenters. The Morgan fingerprint density at radius 2 is 1.88 bits per heavy atom. The molecule has 34 heavy (non-hydrogen) atoms. The molecule has 8 nitrogen and oxygen atoms in total. The van der Waals surface area contributed by atoms with Crippen molar-refractivity contribution in [1.29, 1.82) is 0 Å². The van der Waals surface area contributed by atoms with Crippen molar-refractivity contribution in [2.24, 2.45) is 5.41 Å². The van der Waals surface area contributed by atoms with Crippen LogP contribution in [0.15, 0.2) is 48.5 Å². The van der Waals surface area contributed by atoms with Crippen molar-refractivity contribution < 1.29 is 19.2 Å². The number of amides is 5. The van der Waals surface area contributed by atoms with Crippen molar-refractivity contribution >= 4 is 35.1 Å². The van der Waals surface area contributed by atoms with Crippen molar-refractivity contribution in [3.63, 3.8) is 0 Å². The molecule has 0 radical (unpaired) electrons. The van der Waals surface area contributed by atoms with Crippen molar-refractivity contribution in [3.05, 3.63) is 59.7 Å². The minimum absolute atomic E-state index is 0.103. The van der Waals surface area contributed by atoms with E-state index in [2.05, 4.69) is 15.5 Å². The zero-order valence-corrected chi connectivity index (χ0v) is 19.2. The number of imide groups is 2. The van der Waals surface area contributed by atoms with Gasteiger partial charge in [0.05, 0.1) is 12.6 Å². The second kappa shape index (κ2) is 8.59. The van der Waals surface area contributed by atoms with E-state index in [1.165, 1.54) is 11.8 Å². The maximum absolute atomic E-state index is 14.1. The van der Waals surface area contributed by atoms with E-state index in [-0.39, 0.29) is 24.9 Å². The number of barbiturate groups is 1. The van der Waals surface area contributed by atoms with Crippen LogP contribution in [0, 0.1) is 5.41 Å². The van der Waals surface area contributed by atoms with Crippen molar-refractivity contribution in [2.75, 3.05) is 16.8 Å². The highest BCUT2D eigenvalue weighted by molar-refractivity contribution is 6.20. The van der Waals surface area contributed by atoms with Crippen LogP contribution in [0.5, 0.6) is 0 Å². The topological polar surface area (TPSA) is 98.8 Å². The molecule has 2 aromatic carbocycles. The molecule has 0 aliphatic carbocycles. The van der Waals surface area contributed by atoms with Crippen LogP contribution in [-0.2, 0) is 27.3 Å². The number of nitrogens with zero attached hydrogens (tertiary/aromatic N) is 2. The lowest BCUT2D eigenvalue weighted by atomic mass is 9.67. The van der Waals surface area contributed by atoms with Gasteiger partial charge in [0.2, 0.25) is 17.7 Å². The lowest BCUT2D eigenvalue weighted by Gasteiger charge is -2.51. The first-order chi connectivity index (χ1) is 16.4. The summed E-state index contributed by atoms with van der Waals surface area (Å²) in [4.78, 5) is 55.5. The van der Waals surface area contributed by atoms with Crippen LogP contribution in [0.4, 0.5) is 16.2 Å². The molecule has 3 heterocycles. The first-order valence-corrected chi connectivity index (χ1v) is 11.8. The van der Waals surface area contributed by atoms with Gasteiger partial charge in [-0.3, -0.25) is 24.6 Å². The maximum Gasteiger partial charge on any atom is 0.331 e. The van der Waals surface area contributed by atoms with E-state index in [4.69, 9.17) is 0 Å². The molecule has 176 valence electrons. The summed E-state index contributed by atoms with van der Waals surface area (Å²) < 4.78 is 0.